The van der Waals surface area contributed by atoms with E-state index in [1.54, 1.807) is 24.2 Å². The summed E-state index contributed by atoms with van der Waals surface area (Å²) in [4.78, 5) is 8.52. The number of aromatic nitrogens is 5. The van der Waals surface area contributed by atoms with E-state index >= 15 is 0 Å². The lowest BCUT2D eigenvalue weighted by Crippen LogP contribution is -2.08. The monoisotopic (exact) mass is 264 g/mol. The number of aryl methyl sites for hydroxylation is 1. The molecule has 0 atom stereocenters. The topological polar surface area (TPSA) is 82.5 Å². The van der Waals surface area contributed by atoms with Gasteiger partial charge in [-0.15, -0.1) is 10.2 Å². The molecule has 7 heteroatoms. The van der Waals surface area contributed by atoms with Crippen molar-refractivity contribution in [1.82, 2.24) is 24.7 Å². The van der Waals surface area contributed by atoms with Crippen LogP contribution < -0.4 is 5.73 Å². The lowest BCUT2D eigenvalue weighted by molar-refractivity contribution is 0.726. The molecule has 2 aromatic heterocycles. The molecule has 0 amide bonds. The predicted molar refractivity (Wildman–Crippen MR) is 70.1 cm³/mol. The van der Waals surface area contributed by atoms with E-state index in [4.69, 9.17) is 5.73 Å². The first-order valence-electron chi connectivity index (χ1n) is 5.69. The summed E-state index contributed by atoms with van der Waals surface area (Å²) < 4.78 is 1.97. The maximum atomic E-state index is 5.51. The number of thioether (sulfide) groups is 1. The largest absolute Gasteiger partial charge is 0.330 e. The third-order valence-electron chi connectivity index (χ3n) is 2.48. The van der Waals surface area contributed by atoms with Crippen molar-refractivity contribution in [2.45, 2.75) is 24.3 Å². The highest BCUT2D eigenvalue weighted by molar-refractivity contribution is 7.98. The molecule has 6 nitrogen and oxygen atoms in total. The quantitative estimate of drug-likeness (QED) is 0.801. The minimum absolute atomic E-state index is 0.583. The Morgan fingerprint density at radius 2 is 2.11 bits per heavy atom. The molecule has 0 fully saturated rings. The molecule has 96 valence electrons. The summed E-state index contributed by atoms with van der Waals surface area (Å²) in [5.74, 6) is 1.65. The van der Waals surface area contributed by atoms with Crippen LogP contribution in [0.1, 0.15) is 17.2 Å². The van der Waals surface area contributed by atoms with Gasteiger partial charge in [-0.3, -0.25) is 9.97 Å². The van der Waals surface area contributed by atoms with Crippen molar-refractivity contribution >= 4 is 11.8 Å². The van der Waals surface area contributed by atoms with E-state index in [1.165, 1.54) is 0 Å². The van der Waals surface area contributed by atoms with E-state index in [0.717, 1.165) is 34.5 Å². The maximum absolute atomic E-state index is 5.51. The molecule has 0 bridgehead atoms. The second kappa shape index (κ2) is 5.92. The van der Waals surface area contributed by atoms with Crippen molar-refractivity contribution in [3.63, 3.8) is 0 Å². The molecule has 2 N–H and O–H groups in total. The van der Waals surface area contributed by atoms with Gasteiger partial charge in [0.2, 0.25) is 0 Å². The summed E-state index contributed by atoms with van der Waals surface area (Å²) in [6.45, 7) is 2.51. The molecule has 2 rings (SSSR count). The minimum Gasteiger partial charge on any atom is -0.330 e. The van der Waals surface area contributed by atoms with Crippen LogP contribution in [0.3, 0.4) is 0 Å². The zero-order valence-electron chi connectivity index (χ0n) is 10.5. The molecule has 0 aliphatic heterocycles. The molecule has 0 aliphatic carbocycles. The van der Waals surface area contributed by atoms with E-state index in [9.17, 15) is 0 Å². The Balaban J connectivity index is 1.99. The lowest BCUT2D eigenvalue weighted by atomic mass is 10.4. The van der Waals surface area contributed by atoms with Crippen LogP contribution in [0.25, 0.3) is 0 Å². The maximum Gasteiger partial charge on any atom is 0.191 e. The van der Waals surface area contributed by atoms with Gasteiger partial charge in [-0.2, -0.15) is 0 Å². The zero-order chi connectivity index (χ0) is 13.0. The Hall–Kier alpha value is -1.47. The van der Waals surface area contributed by atoms with Gasteiger partial charge in [-0.25, -0.2) is 0 Å². The number of hydrogen-bond acceptors (Lipinski definition) is 6. The number of rotatable bonds is 5. The van der Waals surface area contributed by atoms with E-state index in [-0.39, 0.29) is 0 Å². The molecule has 2 heterocycles. The molecular weight excluding hydrogens is 248 g/mol. The summed E-state index contributed by atoms with van der Waals surface area (Å²) in [5, 5.41) is 9.12. The van der Waals surface area contributed by atoms with E-state index < -0.39 is 0 Å². The number of nitrogens with zero attached hydrogens (tertiary/aromatic N) is 5. The van der Waals surface area contributed by atoms with Crippen LogP contribution in [0.15, 0.2) is 17.6 Å². The van der Waals surface area contributed by atoms with Crippen LogP contribution in [0, 0.1) is 6.92 Å². The third-order valence-corrected chi connectivity index (χ3v) is 3.53. The molecule has 0 aliphatic rings. The normalized spacial score (nSPS) is 10.8. The highest BCUT2D eigenvalue weighted by Crippen LogP contribution is 2.19. The second-order valence-electron chi connectivity index (χ2n) is 3.93. The van der Waals surface area contributed by atoms with E-state index in [0.29, 0.717) is 6.54 Å². The Labute approximate surface area is 110 Å². The molecule has 0 saturated heterocycles. The first-order valence-corrected chi connectivity index (χ1v) is 6.68. The smallest absolute Gasteiger partial charge is 0.191 e. The molecule has 0 unspecified atom stereocenters. The summed E-state index contributed by atoms with van der Waals surface area (Å²) in [7, 11) is 1.95. The zero-order valence-corrected chi connectivity index (χ0v) is 11.3. The van der Waals surface area contributed by atoms with Crippen molar-refractivity contribution in [1.29, 1.82) is 0 Å². The summed E-state index contributed by atoms with van der Waals surface area (Å²) >= 11 is 1.60. The van der Waals surface area contributed by atoms with Gasteiger partial charge in [-0.05, 0) is 13.5 Å². The Morgan fingerprint density at radius 3 is 2.78 bits per heavy atom. The Morgan fingerprint density at radius 1 is 1.28 bits per heavy atom. The standard InChI is InChI=1S/C11H16N6S/c1-8-5-14-9(6-13-8)7-18-11-16-15-10(3-4-12)17(11)2/h5-6H,3-4,7,12H2,1-2H3. The first kappa shape index (κ1) is 13.0. The second-order valence-corrected chi connectivity index (χ2v) is 4.88. The average Bonchev–Trinajstić information content (AvgIpc) is 2.71. The van der Waals surface area contributed by atoms with Gasteiger partial charge < -0.3 is 10.3 Å². The van der Waals surface area contributed by atoms with Crippen molar-refractivity contribution in [2.24, 2.45) is 12.8 Å². The van der Waals surface area contributed by atoms with Crippen LogP contribution in [0.4, 0.5) is 0 Å². The fraction of sp³-hybridized carbons (Fsp3) is 0.455. The predicted octanol–water partition coefficient (Wildman–Crippen LogP) is 0.707. The van der Waals surface area contributed by atoms with Gasteiger partial charge in [0.1, 0.15) is 5.82 Å². The highest BCUT2D eigenvalue weighted by Gasteiger charge is 2.08. The van der Waals surface area contributed by atoms with Crippen LogP contribution >= 0.6 is 11.8 Å². The Kier molecular flexibility index (Phi) is 4.27. The van der Waals surface area contributed by atoms with Crippen molar-refractivity contribution < 1.29 is 0 Å². The SMILES string of the molecule is Cc1cnc(CSc2nnc(CCN)n2C)cn1. The summed E-state index contributed by atoms with van der Waals surface area (Å²) in [6.07, 6.45) is 4.31. The van der Waals surface area contributed by atoms with Crippen molar-refractivity contribution in [2.75, 3.05) is 6.54 Å². The lowest BCUT2D eigenvalue weighted by Gasteiger charge is -2.02. The summed E-state index contributed by atoms with van der Waals surface area (Å²) in [6, 6.07) is 0. The minimum atomic E-state index is 0.583. The van der Waals surface area contributed by atoms with Gasteiger partial charge in [0, 0.05) is 31.6 Å². The Bertz CT molecular complexity index is 507. The average molecular weight is 264 g/mol. The van der Waals surface area contributed by atoms with Gasteiger partial charge in [0.25, 0.3) is 0 Å². The third kappa shape index (κ3) is 3.05. The fourth-order valence-corrected chi connectivity index (χ4v) is 2.27. The molecule has 18 heavy (non-hydrogen) atoms. The van der Waals surface area contributed by atoms with E-state index in [2.05, 4.69) is 20.2 Å². The van der Waals surface area contributed by atoms with Crippen molar-refractivity contribution in [3.05, 3.63) is 29.6 Å². The van der Waals surface area contributed by atoms with Gasteiger partial charge in [0.15, 0.2) is 5.16 Å². The molecule has 0 aromatic carbocycles. The molecule has 2 aromatic rings. The first-order chi connectivity index (χ1) is 8.70. The molecule has 0 saturated carbocycles. The molecular formula is C11H16N6S. The molecule has 0 radical (unpaired) electrons. The van der Waals surface area contributed by atoms with Crippen LogP contribution in [-0.2, 0) is 19.2 Å². The molecule has 0 spiro atoms. The number of nitrogens with two attached hydrogens (primary N) is 1. The van der Waals surface area contributed by atoms with E-state index in [1.807, 2.05) is 18.5 Å². The van der Waals surface area contributed by atoms with Gasteiger partial charge in [0.05, 0.1) is 11.4 Å². The highest BCUT2D eigenvalue weighted by atomic mass is 32.2. The fourth-order valence-electron chi connectivity index (χ4n) is 1.45. The van der Waals surface area contributed by atoms with Gasteiger partial charge in [-0.1, -0.05) is 11.8 Å². The van der Waals surface area contributed by atoms with Crippen LogP contribution in [0.5, 0.6) is 0 Å². The van der Waals surface area contributed by atoms with Crippen LogP contribution in [-0.4, -0.2) is 31.3 Å². The number of hydrogen-bond donors (Lipinski definition) is 1. The van der Waals surface area contributed by atoms with Gasteiger partial charge >= 0.3 is 0 Å². The van der Waals surface area contributed by atoms with Crippen LogP contribution in [0.2, 0.25) is 0 Å². The van der Waals surface area contributed by atoms with Crippen molar-refractivity contribution in [3.8, 4) is 0 Å². The summed E-state index contributed by atoms with van der Waals surface area (Å²) in [5.41, 5.74) is 7.37.